The van der Waals surface area contributed by atoms with E-state index in [1.54, 1.807) is 20.8 Å². The lowest BCUT2D eigenvalue weighted by Crippen LogP contribution is -2.34. The summed E-state index contributed by atoms with van der Waals surface area (Å²) >= 11 is 0. The molecule has 0 spiro atoms. The Kier molecular flexibility index (Phi) is 8.87. The van der Waals surface area contributed by atoms with Crippen LogP contribution < -0.4 is 0 Å². The Balaban J connectivity index is 4.37. The van der Waals surface area contributed by atoms with Crippen LogP contribution in [0.25, 0.3) is 5.53 Å². The third-order valence-corrected chi connectivity index (χ3v) is 2.65. The van der Waals surface area contributed by atoms with Crippen LogP contribution in [0.1, 0.15) is 59.8 Å². The van der Waals surface area contributed by atoms with Gasteiger partial charge in [-0.05, 0) is 40.5 Å². The van der Waals surface area contributed by atoms with Gasteiger partial charge in [0.25, 0.3) is 5.78 Å². The van der Waals surface area contributed by atoms with E-state index < -0.39 is 23.1 Å². The first-order valence-corrected chi connectivity index (χ1v) is 7.32. The number of unbranched alkanes of at least 4 members (excludes halogenated alkanes) is 1. The van der Waals surface area contributed by atoms with Gasteiger partial charge in [-0.15, -0.1) is 0 Å². The highest BCUT2D eigenvalue weighted by Gasteiger charge is 2.33. The molecule has 0 saturated heterocycles. The van der Waals surface area contributed by atoms with Crippen molar-refractivity contribution in [1.82, 2.24) is 0 Å². The average Bonchev–Trinajstić information content (AvgIpc) is 2.40. The van der Waals surface area contributed by atoms with Crippen molar-refractivity contribution in [3.63, 3.8) is 0 Å². The largest absolute Gasteiger partial charge is 0.451 e. The zero-order valence-corrected chi connectivity index (χ0v) is 13.7. The summed E-state index contributed by atoms with van der Waals surface area (Å²) in [6.07, 6.45) is 5.67. The summed E-state index contributed by atoms with van der Waals surface area (Å²) in [5.74, 6) is -1.74. The molecule has 0 aromatic rings. The zero-order valence-electron chi connectivity index (χ0n) is 13.7. The number of ketones is 2. The van der Waals surface area contributed by atoms with E-state index in [1.165, 1.54) is 0 Å². The Labute approximate surface area is 131 Å². The maximum atomic E-state index is 11.8. The van der Waals surface area contributed by atoms with E-state index in [1.807, 2.05) is 19.1 Å². The maximum absolute atomic E-state index is 11.8. The number of ether oxygens (including phenoxy) is 1. The van der Waals surface area contributed by atoms with Crippen LogP contribution in [0.4, 0.5) is 0 Å². The van der Waals surface area contributed by atoms with Crippen LogP contribution in [0.3, 0.4) is 0 Å². The Morgan fingerprint density at radius 3 is 2.27 bits per heavy atom. The number of rotatable bonds is 9. The van der Waals surface area contributed by atoms with Gasteiger partial charge in [-0.3, -0.25) is 9.59 Å². The first kappa shape index (κ1) is 19.9. The molecule has 6 nitrogen and oxygen atoms in total. The molecular weight excluding hydrogens is 284 g/mol. The standard InChI is InChI=1S/C16H24N2O4/c1-5-6-7-8-9-12(19)10-11-13(20)14(18-17)15(21)22-16(2,3)4/h5-6H,7-11H2,1-4H3/b6-5-. The number of carbonyl (C=O) groups excluding carboxylic acids is 3. The molecule has 0 bridgehead atoms. The second-order valence-corrected chi connectivity index (χ2v) is 5.87. The predicted molar refractivity (Wildman–Crippen MR) is 82.4 cm³/mol. The molecule has 0 N–H and O–H groups in total. The first-order chi connectivity index (χ1) is 10.2. The quantitative estimate of drug-likeness (QED) is 0.124. The smallest absolute Gasteiger partial charge is 0.441 e. The van der Waals surface area contributed by atoms with Gasteiger partial charge in [-0.2, -0.15) is 4.79 Å². The van der Waals surface area contributed by atoms with E-state index in [0.717, 1.165) is 12.8 Å². The lowest BCUT2D eigenvalue weighted by atomic mass is 10.0. The lowest BCUT2D eigenvalue weighted by molar-refractivity contribution is -0.152. The molecule has 122 valence electrons. The van der Waals surface area contributed by atoms with Crippen LogP contribution in [-0.4, -0.2) is 33.6 Å². The van der Waals surface area contributed by atoms with Crippen LogP contribution in [0.2, 0.25) is 0 Å². The predicted octanol–water partition coefficient (Wildman–Crippen LogP) is 2.66. The van der Waals surface area contributed by atoms with Gasteiger partial charge in [0.15, 0.2) is 0 Å². The molecule has 0 aliphatic rings. The van der Waals surface area contributed by atoms with E-state index in [9.17, 15) is 14.4 Å². The third kappa shape index (κ3) is 8.97. The summed E-state index contributed by atoms with van der Waals surface area (Å²) in [5, 5.41) is 0. The number of nitrogens with zero attached hydrogens (tertiary/aromatic N) is 2. The minimum absolute atomic E-state index is 0.0243. The fourth-order valence-electron chi connectivity index (χ4n) is 1.62. The van der Waals surface area contributed by atoms with E-state index in [4.69, 9.17) is 10.3 Å². The molecule has 0 heterocycles. The molecule has 22 heavy (non-hydrogen) atoms. The second kappa shape index (κ2) is 9.79. The minimum atomic E-state index is -0.986. The maximum Gasteiger partial charge on any atom is 0.441 e. The van der Waals surface area contributed by atoms with Crippen molar-refractivity contribution in [2.75, 3.05) is 0 Å². The van der Waals surface area contributed by atoms with Gasteiger partial charge in [0.05, 0.1) is 0 Å². The fourth-order valence-corrected chi connectivity index (χ4v) is 1.62. The van der Waals surface area contributed by atoms with Gasteiger partial charge in [0, 0.05) is 19.3 Å². The molecule has 0 unspecified atom stereocenters. The number of carbonyl (C=O) groups is 3. The summed E-state index contributed by atoms with van der Waals surface area (Å²) < 4.78 is 4.97. The highest BCUT2D eigenvalue weighted by atomic mass is 16.6. The molecule has 0 aromatic carbocycles. The van der Waals surface area contributed by atoms with Crippen molar-refractivity contribution < 1.29 is 23.9 Å². The van der Waals surface area contributed by atoms with E-state index in [-0.39, 0.29) is 18.6 Å². The lowest BCUT2D eigenvalue weighted by Gasteiger charge is -2.17. The Bertz CT molecular complexity index is 495. The Morgan fingerprint density at radius 1 is 1.14 bits per heavy atom. The molecule has 0 amide bonds. The summed E-state index contributed by atoms with van der Waals surface area (Å²) in [7, 11) is 0. The number of hydrogen-bond donors (Lipinski definition) is 0. The van der Waals surface area contributed by atoms with Crippen molar-refractivity contribution in [3.05, 3.63) is 17.7 Å². The summed E-state index contributed by atoms with van der Waals surface area (Å²) in [6, 6.07) is 0. The molecule has 0 saturated carbocycles. The molecular formula is C16H24N2O4. The summed E-state index contributed by atoms with van der Waals surface area (Å²) in [5.41, 5.74) is 7.34. The molecule has 0 fully saturated rings. The highest BCUT2D eigenvalue weighted by molar-refractivity contribution is 6.62. The van der Waals surface area contributed by atoms with Gasteiger partial charge in [-0.1, -0.05) is 12.2 Å². The molecule has 0 atom stereocenters. The topological polar surface area (TPSA) is 96.8 Å². The monoisotopic (exact) mass is 308 g/mol. The van der Waals surface area contributed by atoms with Crippen LogP contribution >= 0.6 is 0 Å². The molecule has 0 aromatic heterocycles. The molecule has 0 radical (unpaired) electrons. The van der Waals surface area contributed by atoms with Gasteiger partial charge >= 0.3 is 11.7 Å². The number of hydrogen-bond acceptors (Lipinski definition) is 4. The van der Waals surface area contributed by atoms with Crippen molar-refractivity contribution in [2.24, 2.45) is 0 Å². The van der Waals surface area contributed by atoms with Gasteiger partial charge in [-0.25, -0.2) is 4.79 Å². The zero-order chi connectivity index (χ0) is 17.2. The van der Waals surface area contributed by atoms with Crippen LogP contribution in [0.5, 0.6) is 0 Å². The van der Waals surface area contributed by atoms with E-state index in [2.05, 4.69) is 4.79 Å². The highest BCUT2D eigenvalue weighted by Crippen LogP contribution is 2.09. The first-order valence-electron chi connectivity index (χ1n) is 7.32. The van der Waals surface area contributed by atoms with Crippen molar-refractivity contribution in [2.45, 2.75) is 65.4 Å². The third-order valence-electron chi connectivity index (χ3n) is 2.65. The molecule has 6 heteroatoms. The minimum Gasteiger partial charge on any atom is -0.451 e. The number of allylic oxidation sites excluding steroid dienone is 2. The van der Waals surface area contributed by atoms with E-state index >= 15 is 0 Å². The summed E-state index contributed by atoms with van der Waals surface area (Å²) in [6.45, 7) is 6.82. The van der Waals surface area contributed by atoms with Crippen LogP contribution in [0, 0.1) is 0 Å². The number of Topliss-reactive ketones (excluding diaryl/α,β-unsaturated/α-hetero) is 2. The van der Waals surface area contributed by atoms with Gasteiger partial charge in [0.1, 0.15) is 11.4 Å². The second-order valence-electron chi connectivity index (χ2n) is 5.87. The summed E-state index contributed by atoms with van der Waals surface area (Å²) in [4.78, 5) is 37.9. The average molecular weight is 308 g/mol. The van der Waals surface area contributed by atoms with Crippen LogP contribution in [-0.2, 0) is 19.1 Å². The molecule has 0 rings (SSSR count). The van der Waals surface area contributed by atoms with Crippen molar-refractivity contribution >= 4 is 23.2 Å². The normalized spacial score (nSPS) is 11.1. The molecule has 0 aliphatic heterocycles. The molecule has 0 aliphatic carbocycles. The number of esters is 1. The fraction of sp³-hybridized carbons (Fsp3) is 0.625. The Morgan fingerprint density at radius 2 is 1.77 bits per heavy atom. The van der Waals surface area contributed by atoms with Crippen molar-refractivity contribution in [3.8, 4) is 0 Å². The van der Waals surface area contributed by atoms with Crippen LogP contribution in [0.15, 0.2) is 12.2 Å². The van der Waals surface area contributed by atoms with Gasteiger partial charge in [0.2, 0.25) is 0 Å². The Hall–Kier alpha value is -2.07. The SMILES string of the molecule is C/C=C\CCCC(=O)CCC(=O)C(=[N+]=[N-])C(=O)OC(C)(C)C. The van der Waals surface area contributed by atoms with Gasteiger partial charge < -0.3 is 10.3 Å². The van der Waals surface area contributed by atoms with Crippen molar-refractivity contribution in [1.29, 1.82) is 0 Å². The van der Waals surface area contributed by atoms with E-state index in [0.29, 0.717) is 6.42 Å².